The van der Waals surface area contributed by atoms with E-state index in [-0.39, 0.29) is 12.4 Å². The Balaban J connectivity index is 1.79. The van der Waals surface area contributed by atoms with Crippen molar-refractivity contribution in [1.29, 1.82) is 0 Å². The first kappa shape index (κ1) is 18.5. The van der Waals surface area contributed by atoms with Crippen LogP contribution in [0.25, 0.3) is 6.08 Å². The zero-order chi connectivity index (χ0) is 20.5. The number of anilines is 1. The number of urea groups is 1. The van der Waals surface area contributed by atoms with Gasteiger partial charge in [0.1, 0.15) is 11.3 Å². The number of amides is 4. The summed E-state index contributed by atoms with van der Waals surface area (Å²) in [6, 6.07) is 9.52. The van der Waals surface area contributed by atoms with E-state index in [9.17, 15) is 14.4 Å². The SMILES string of the molecule is CCc1ccccc1N1C(=O)NC(=O)/C(=C\c2cc3c(cc2OC)OCO3)C1=O. The molecule has 2 aromatic rings. The molecule has 1 N–H and O–H groups in total. The van der Waals surface area contributed by atoms with Crippen molar-refractivity contribution in [1.82, 2.24) is 5.32 Å². The number of hydrogen-bond acceptors (Lipinski definition) is 6. The molecule has 0 aliphatic carbocycles. The second-order valence-electron chi connectivity index (χ2n) is 6.39. The zero-order valence-electron chi connectivity index (χ0n) is 15.9. The molecule has 0 spiro atoms. The van der Waals surface area contributed by atoms with Gasteiger partial charge in [-0.1, -0.05) is 25.1 Å². The first-order chi connectivity index (χ1) is 14.0. The molecular weight excluding hydrogens is 376 g/mol. The molecule has 0 radical (unpaired) electrons. The first-order valence-corrected chi connectivity index (χ1v) is 9.00. The molecule has 4 amide bonds. The highest BCUT2D eigenvalue weighted by molar-refractivity contribution is 6.39. The molecular formula is C21H18N2O6. The lowest BCUT2D eigenvalue weighted by atomic mass is 10.0. The van der Waals surface area contributed by atoms with Crippen LogP contribution in [0.4, 0.5) is 10.5 Å². The van der Waals surface area contributed by atoms with Crippen molar-refractivity contribution in [2.24, 2.45) is 0 Å². The van der Waals surface area contributed by atoms with E-state index in [1.54, 1.807) is 24.3 Å². The number of fused-ring (bicyclic) bond motifs is 1. The summed E-state index contributed by atoms with van der Waals surface area (Å²) in [6.07, 6.45) is 2.00. The summed E-state index contributed by atoms with van der Waals surface area (Å²) in [6.45, 7) is 2.00. The van der Waals surface area contributed by atoms with Crippen LogP contribution >= 0.6 is 0 Å². The maximum Gasteiger partial charge on any atom is 0.335 e. The molecule has 0 aromatic heterocycles. The zero-order valence-corrected chi connectivity index (χ0v) is 15.9. The monoisotopic (exact) mass is 394 g/mol. The summed E-state index contributed by atoms with van der Waals surface area (Å²) >= 11 is 0. The average Bonchev–Trinajstić information content (AvgIpc) is 3.18. The quantitative estimate of drug-likeness (QED) is 0.633. The van der Waals surface area contributed by atoms with Crippen LogP contribution in [-0.2, 0) is 16.0 Å². The third-order valence-electron chi connectivity index (χ3n) is 4.74. The number of carbonyl (C=O) groups excluding carboxylic acids is 3. The molecule has 0 saturated carbocycles. The number of nitrogens with zero attached hydrogens (tertiary/aromatic N) is 1. The Morgan fingerprint density at radius 2 is 1.86 bits per heavy atom. The van der Waals surface area contributed by atoms with E-state index in [1.807, 2.05) is 19.1 Å². The number of rotatable bonds is 4. The van der Waals surface area contributed by atoms with Gasteiger partial charge in [0.2, 0.25) is 6.79 Å². The highest BCUT2D eigenvalue weighted by Gasteiger charge is 2.37. The summed E-state index contributed by atoms with van der Waals surface area (Å²) in [5, 5.41) is 2.23. The van der Waals surface area contributed by atoms with Crippen molar-refractivity contribution >= 4 is 29.6 Å². The molecule has 2 aliphatic heterocycles. The Morgan fingerprint density at radius 3 is 2.59 bits per heavy atom. The van der Waals surface area contributed by atoms with Gasteiger partial charge >= 0.3 is 6.03 Å². The molecule has 2 aliphatic rings. The lowest BCUT2D eigenvalue weighted by molar-refractivity contribution is -0.122. The van der Waals surface area contributed by atoms with Gasteiger partial charge in [-0.15, -0.1) is 0 Å². The fourth-order valence-corrected chi connectivity index (χ4v) is 3.29. The van der Waals surface area contributed by atoms with Crippen LogP contribution in [0.15, 0.2) is 42.0 Å². The van der Waals surface area contributed by atoms with E-state index in [2.05, 4.69) is 5.32 Å². The van der Waals surface area contributed by atoms with Crippen molar-refractivity contribution in [2.75, 3.05) is 18.8 Å². The molecule has 0 unspecified atom stereocenters. The Kier molecular flexibility index (Phi) is 4.67. The summed E-state index contributed by atoms with van der Waals surface area (Å²) in [4.78, 5) is 39.0. The van der Waals surface area contributed by atoms with Gasteiger partial charge < -0.3 is 14.2 Å². The summed E-state index contributed by atoms with van der Waals surface area (Å²) in [7, 11) is 1.47. The number of carbonyl (C=O) groups is 3. The molecule has 0 atom stereocenters. The van der Waals surface area contributed by atoms with E-state index >= 15 is 0 Å². The maximum absolute atomic E-state index is 13.1. The number of aryl methyl sites for hydroxylation is 1. The number of para-hydroxylation sites is 1. The van der Waals surface area contributed by atoms with Crippen LogP contribution in [0, 0.1) is 0 Å². The van der Waals surface area contributed by atoms with Gasteiger partial charge in [-0.3, -0.25) is 14.9 Å². The van der Waals surface area contributed by atoms with E-state index < -0.39 is 17.8 Å². The number of methoxy groups -OCH3 is 1. The van der Waals surface area contributed by atoms with Crippen LogP contribution in [0.3, 0.4) is 0 Å². The minimum atomic E-state index is -0.782. The lowest BCUT2D eigenvalue weighted by Gasteiger charge is -2.28. The van der Waals surface area contributed by atoms with Gasteiger partial charge in [0.05, 0.1) is 12.8 Å². The second-order valence-corrected chi connectivity index (χ2v) is 6.39. The molecule has 2 heterocycles. The van der Waals surface area contributed by atoms with Crippen LogP contribution in [0.2, 0.25) is 0 Å². The summed E-state index contributed by atoms with van der Waals surface area (Å²) < 4.78 is 16.0. The van der Waals surface area contributed by atoms with E-state index in [1.165, 1.54) is 13.2 Å². The average molecular weight is 394 g/mol. The molecule has 2 aromatic carbocycles. The number of barbiturate groups is 1. The predicted octanol–water partition coefficient (Wildman–Crippen LogP) is 2.65. The van der Waals surface area contributed by atoms with Crippen molar-refractivity contribution < 1.29 is 28.6 Å². The minimum absolute atomic E-state index is 0.0774. The van der Waals surface area contributed by atoms with Gasteiger partial charge in [-0.2, -0.15) is 0 Å². The maximum atomic E-state index is 13.1. The van der Waals surface area contributed by atoms with Crippen LogP contribution in [0.5, 0.6) is 17.2 Å². The minimum Gasteiger partial charge on any atom is -0.496 e. The number of benzene rings is 2. The van der Waals surface area contributed by atoms with Crippen molar-refractivity contribution in [3.63, 3.8) is 0 Å². The fraction of sp³-hybridized carbons (Fsp3) is 0.190. The highest BCUT2D eigenvalue weighted by Crippen LogP contribution is 2.39. The predicted molar refractivity (Wildman–Crippen MR) is 104 cm³/mol. The van der Waals surface area contributed by atoms with Gasteiger partial charge in [-0.25, -0.2) is 9.69 Å². The third-order valence-corrected chi connectivity index (χ3v) is 4.74. The third kappa shape index (κ3) is 3.18. The summed E-state index contributed by atoms with van der Waals surface area (Å²) in [5.74, 6) is -0.0910. The van der Waals surface area contributed by atoms with Crippen LogP contribution < -0.4 is 24.4 Å². The van der Waals surface area contributed by atoms with Gasteiger partial charge in [-0.05, 0) is 30.2 Å². The molecule has 4 rings (SSSR count). The number of ether oxygens (including phenoxy) is 3. The normalized spacial score (nSPS) is 17.0. The van der Waals surface area contributed by atoms with Crippen molar-refractivity contribution in [2.45, 2.75) is 13.3 Å². The Labute approximate surface area is 166 Å². The topological polar surface area (TPSA) is 94.2 Å². The molecule has 8 nitrogen and oxygen atoms in total. The van der Waals surface area contributed by atoms with Gasteiger partial charge in [0, 0.05) is 11.6 Å². The van der Waals surface area contributed by atoms with Crippen LogP contribution in [0.1, 0.15) is 18.1 Å². The number of hydrogen-bond donors (Lipinski definition) is 1. The first-order valence-electron chi connectivity index (χ1n) is 9.00. The number of nitrogens with one attached hydrogen (secondary N) is 1. The van der Waals surface area contributed by atoms with Crippen molar-refractivity contribution in [3.05, 3.63) is 53.1 Å². The summed E-state index contributed by atoms with van der Waals surface area (Å²) in [5.41, 5.74) is 1.51. The second kappa shape index (κ2) is 7.31. The molecule has 148 valence electrons. The highest BCUT2D eigenvalue weighted by atomic mass is 16.7. The molecule has 1 fully saturated rings. The van der Waals surface area contributed by atoms with E-state index in [4.69, 9.17) is 14.2 Å². The lowest BCUT2D eigenvalue weighted by Crippen LogP contribution is -2.54. The fourth-order valence-electron chi connectivity index (χ4n) is 3.29. The molecule has 8 heteroatoms. The Morgan fingerprint density at radius 1 is 1.14 bits per heavy atom. The van der Waals surface area contributed by atoms with Gasteiger partial charge in [0.25, 0.3) is 11.8 Å². The van der Waals surface area contributed by atoms with E-state index in [0.717, 1.165) is 10.5 Å². The van der Waals surface area contributed by atoms with Crippen molar-refractivity contribution in [3.8, 4) is 17.2 Å². The van der Waals surface area contributed by atoms with Crippen LogP contribution in [-0.4, -0.2) is 31.7 Å². The Hall–Kier alpha value is -3.81. The molecule has 0 bridgehead atoms. The number of imide groups is 2. The Bertz CT molecular complexity index is 1060. The smallest absolute Gasteiger partial charge is 0.335 e. The molecule has 29 heavy (non-hydrogen) atoms. The van der Waals surface area contributed by atoms with Gasteiger partial charge in [0.15, 0.2) is 11.5 Å². The van der Waals surface area contributed by atoms with E-state index in [0.29, 0.717) is 34.9 Å². The standard InChI is InChI=1S/C21H18N2O6/c1-3-12-6-4-5-7-15(12)23-20(25)14(19(24)22-21(23)26)8-13-9-17-18(29-11-28-17)10-16(13)27-2/h4-10H,3,11H2,1-2H3,(H,22,24,26)/b14-8+. The largest absolute Gasteiger partial charge is 0.496 e. The molecule has 1 saturated heterocycles.